The standard InChI is InChI=1S/C36H53FO17/c1-3-5-7-20(41)12-17(6-4-2)10-18-8-9-21(19(11-18)13-37)49-34-30(47)27(44)32(23(15-39)51-34)54-36-31(48)28(45)33(24(16-40)52-36)53-35-29(46)26(43)25(42)22(14-38)50-35/h2,8-9,11,17,22-36,38-40,42-48H,3,5-7,10,12-16H2,1H3/t17?,22?,23?,24?,25-,26+,27-,28-,29?,30?,31?,32+,33+,34-,35-,36-/m1/s1. The van der Waals surface area contributed by atoms with Gasteiger partial charge in [-0.3, -0.25) is 4.79 Å². The minimum atomic E-state index is -1.99. The molecule has 4 rings (SSSR count). The van der Waals surface area contributed by atoms with Crippen LogP contribution in [0.3, 0.4) is 0 Å². The van der Waals surface area contributed by atoms with Crippen LogP contribution in [0, 0.1) is 18.3 Å². The smallest absolute Gasteiger partial charge is 0.229 e. The quantitative estimate of drug-likeness (QED) is 0.0680. The number of carbonyl (C=O) groups excluding carboxylic acids is 1. The Morgan fingerprint density at radius 3 is 1.87 bits per heavy atom. The Kier molecular flexibility index (Phi) is 16.9. The van der Waals surface area contributed by atoms with Gasteiger partial charge in [-0.25, -0.2) is 4.39 Å². The van der Waals surface area contributed by atoms with Gasteiger partial charge >= 0.3 is 0 Å². The van der Waals surface area contributed by atoms with Crippen LogP contribution in [0.2, 0.25) is 0 Å². The van der Waals surface area contributed by atoms with Crippen molar-refractivity contribution in [2.45, 2.75) is 144 Å². The summed E-state index contributed by atoms with van der Waals surface area (Å²) in [7, 11) is 0. The van der Waals surface area contributed by atoms with Crippen molar-refractivity contribution in [3.63, 3.8) is 0 Å². The van der Waals surface area contributed by atoms with Crippen molar-refractivity contribution in [2.75, 3.05) is 19.8 Å². The largest absolute Gasteiger partial charge is 0.462 e. The van der Waals surface area contributed by atoms with E-state index in [1.165, 1.54) is 12.1 Å². The second-order valence-corrected chi connectivity index (χ2v) is 13.8. The zero-order chi connectivity index (χ0) is 39.7. The van der Waals surface area contributed by atoms with E-state index < -0.39 is 119 Å². The van der Waals surface area contributed by atoms with Crippen LogP contribution < -0.4 is 4.74 Å². The molecule has 18 heteroatoms. The average Bonchev–Trinajstić information content (AvgIpc) is 3.16. The van der Waals surface area contributed by atoms with Gasteiger partial charge < -0.3 is 79.5 Å². The number of halogens is 1. The summed E-state index contributed by atoms with van der Waals surface area (Å²) in [5, 5.41) is 104. The fourth-order valence-electron chi connectivity index (χ4n) is 6.76. The summed E-state index contributed by atoms with van der Waals surface area (Å²) >= 11 is 0. The number of aliphatic hydroxyl groups excluding tert-OH is 10. The first-order valence-electron chi connectivity index (χ1n) is 18.0. The van der Waals surface area contributed by atoms with Gasteiger partial charge in [0.25, 0.3) is 0 Å². The lowest BCUT2D eigenvalue weighted by Gasteiger charge is -2.48. The summed E-state index contributed by atoms with van der Waals surface area (Å²) in [6, 6.07) is 4.63. The summed E-state index contributed by atoms with van der Waals surface area (Å²) in [5.41, 5.74) is 0.775. The Labute approximate surface area is 311 Å². The molecule has 17 nitrogen and oxygen atoms in total. The fourth-order valence-corrected chi connectivity index (χ4v) is 6.76. The molecule has 0 bridgehead atoms. The van der Waals surface area contributed by atoms with Gasteiger partial charge in [-0.1, -0.05) is 19.4 Å². The molecule has 1 aromatic carbocycles. The molecule has 3 heterocycles. The fraction of sp³-hybridized carbons (Fsp3) is 0.750. The number of ketones is 1. The third-order valence-electron chi connectivity index (χ3n) is 9.84. The van der Waals surface area contributed by atoms with Gasteiger partial charge in [0.05, 0.1) is 19.8 Å². The molecule has 0 aliphatic carbocycles. The number of carbonyl (C=O) groups is 1. The minimum absolute atomic E-state index is 0.0357. The molecule has 0 radical (unpaired) electrons. The number of Topliss-reactive ketones (excluding diaryl/α,β-unsaturated/α-hetero) is 1. The van der Waals surface area contributed by atoms with Crippen LogP contribution >= 0.6 is 0 Å². The Bertz CT molecular complexity index is 1360. The first-order valence-corrected chi connectivity index (χ1v) is 18.0. The molecular formula is C36H53FO17. The molecule has 0 amide bonds. The molecule has 10 N–H and O–H groups in total. The predicted molar refractivity (Wildman–Crippen MR) is 181 cm³/mol. The van der Waals surface area contributed by atoms with Gasteiger partial charge in [0.15, 0.2) is 12.6 Å². The highest BCUT2D eigenvalue weighted by Gasteiger charge is 2.53. The van der Waals surface area contributed by atoms with Gasteiger partial charge in [-0.05, 0) is 36.5 Å². The molecule has 0 spiro atoms. The highest BCUT2D eigenvalue weighted by molar-refractivity contribution is 5.78. The highest BCUT2D eigenvalue weighted by Crippen LogP contribution is 2.34. The molecule has 54 heavy (non-hydrogen) atoms. The van der Waals surface area contributed by atoms with Crippen LogP contribution in [0.25, 0.3) is 0 Å². The second kappa shape index (κ2) is 20.7. The normalized spacial score (nSPS) is 37.7. The van der Waals surface area contributed by atoms with Crippen molar-refractivity contribution in [1.29, 1.82) is 0 Å². The summed E-state index contributed by atoms with van der Waals surface area (Å²) < 4.78 is 47.8. The number of hydrogen-bond donors (Lipinski definition) is 10. The first-order chi connectivity index (χ1) is 25.8. The predicted octanol–water partition coefficient (Wildman–Crippen LogP) is -2.69. The molecule has 3 aliphatic rings. The van der Waals surface area contributed by atoms with E-state index in [9.17, 15) is 60.3 Å². The zero-order valence-corrected chi connectivity index (χ0v) is 29.8. The van der Waals surface area contributed by atoms with Crippen molar-refractivity contribution in [2.24, 2.45) is 5.92 Å². The molecule has 3 fully saturated rings. The maximum Gasteiger partial charge on any atom is 0.229 e. The highest BCUT2D eigenvalue weighted by atomic mass is 19.1. The minimum Gasteiger partial charge on any atom is -0.462 e. The molecule has 3 aliphatic heterocycles. The number of hydrogen-bond acceptors (Lipinski definition) is 17. The second-order valence-electron chi connectivity index (χ2n) is 13.8. The number of terminal acetylenes is 1. The molecule has 0 aromatic heterocycles. The third-order valence-corrected chi connectivity index (χ3v) is 9.84. The zero-order valence-electron chi connectivity index (χ0n) is 29.8. The van der Waals surface area contributed by atoms with E-state index in [1.54, 1.807) is 6.07 Å². The number of alkyl halides is 1. The molecule has 306 valence electrons. The van der Waals surface area contributed by atoms with Gasteiger partial charge in [-0.2, -0.15) is 0 Å². The van der Waals surface area contributed by atoms with Crippen molar-refractivity contribution in [3.8, 4) is 18.1 Å². The maximum atomic E-state index is 14.3. The van der Waals surface area contributed by atoms with Crippen molar-refractivity contribution < 1.29 is 88.7 Å². The molecule has 3 saturated heterocycles. The first kappa shape index (κ1) is 44.3. The van der Waals surface area contributed by atoms with E-state index in [0.29, 0.717) is 24.8 Å². The third kappa shape index (κ3) is 10.5. The van der Waals surface area contributed by atoms with Crippen LogP contribution in [0.5, 0.6) is 5.75 Å². The molecule has 7 unspecified atom stereocenters. The van der Waals surface area contributed by atoms with E-state index in [1.807, 2.05) is 6.92 Å². The summed E-state index contributed by atoms with van der Waals surface area (Å²) in [4.78, 5) is 12.4. The Morgan fingerprint density at radius 2 is 1.33 bits per heavy atom. The van der Waals surface area contributed by atoms with Crippen LogP contribution in [-0.2, 0) is 41.6 Å². The lowest BCUT2D eigenvalue weighted by atomic mass is 9.90. The van der Waals surface area contributed by atoms with Gasteiger partial charge in [0.2, 0.25) is 6.29 Å². The monoisotopic (exact) mass is 776 g/mol. The number of unbranched alkanes of at least 4 members (excludes halogenated alkanes) is 1. The summed E-state index contributed by atoms with van der Waals surface area (Å²) in [5.74, 6) is 2.50. The molecule has 16 atom stereocenters. The number of aliphatic hydroxyl groups is 10. The maximum absolute atomic E-state index is 14.3. The number of rotatable bonds is 18. The molecule has 0 saturated carbocycles. The van der Waals surface area contributed by atoms with Crippen LogP contribution in [-0.4, -0.2) is 169 Å². The Balaban J connectivity index is 1.41. The van der Waals surface area contributed by atoms with Crippen LogP contribution in [0.4, 0.5) is 4.39 Å². The Morgan fingerprint density at radius 1 is 0.796 bits per heavy atom. The van der Waals surface area contributed by atoms with Crippen molar-refractivity contribution in [3.05, 3.63) is 29.3 Å². The SMILES string of the molecule is C#CCC(CC(=O)CCCC)Cc1ccc(O[C@@H]2OC(CO)[C@H](O[C@H]3OC(CO)[C@H](O[C@H]4OC(CO)[C@@H](O)[C@H](O)C4O)[C@H](O)C3O)[C@H](O)C2O)c(CF)c1. The van der Waals surface area contributed by atoms with Gasteiger partial charge in [0, 0.05) is 24.8 Å². The summed E-state index contributed by atoms with van der Waals surface area (Å²) in [6.07, 6.45) is -17.2. The van der Waals surface area contributed by atoms with E-state index in [-0.39, 0.29) is 29.4 Å². The van der Waals surface area contributed by atoms with E-state index in [2.05, 4.69) is 5.92 Å². The molecular weight excluding hydrogens is 723 g/mol. The number of ether oxygens (including phenoxy) is 6. The summed E-state index contributed by atoms with van der Waals surface area (Å²) in [6.45, 7) is -1.45. The topological polar surface area (TPSA) is 275 Å². The van der Waals surface area contributed by atoms with Crippen LogP contribution in [0.15, 0.2) is 18.2 Å². The van der Waals surface area contributed by atoms with E-state index >= 15 is 0 Å². The van der Waals surface area contributed by atoms with Gasteiger partial charge in [-0.15, -0.1) is 12.3 Å². The number of benzene rings is 1. The Hall–Kier alpha value is -2.42. The average molecular weight is 777 g/mol. The lowest BCUT2D eigenvalue weighted by molar-refractivity contribution is -0.376. The molecule has 1 aromatic rings. The van der Waals surface area contributed by atoms with E-state index in [0.717, 1.165) is 12.8 Å². The van der Waals surface area contributed by atoms with E-state index in [4.69, 9.17) is 34.8 Å². The van der Waals surface area contributed by atoms with Crippen molar-refractivity contribution >= 4 is 5.78 Å². The van der Waals surface area contributed by atoms with Gasteiger partial charge in [0.1, 0.15) is 91.5 Å². The van der Waals surface area contributed by atoms with Crippen LogP contribution in [0.1, 0.15) is 50.2 Å². The lowest BCUT2D eigenvalue weighted by Crippen LogP contribution is -2.66. The van der Waals surface area contributed by atoms with Crippen molar-refractivity contribution in [1.82, 2.24) is 0 Å².